The predicted molar refractivity (Wildman–Crippen MR) is 119 cm³/mol. The number of nitrogens with one attached hydrogen (secondary N) is 1. The van der Waals surface area contributed by atoms with Crippen LogP contribution in [0.1, 0.15) is 17.5 Å². The number of piperazine rings is 1. The van der Waals surface area contributed by atoms with E-state index in [-0.39, 0.29) is 18.4 Å². The molecule has 2 amide bonds. The lowest BCUT2D eigenvalue weighted by Gasteiger charge is -2.58. The lowest BCUT2D eigenvalue weighted by atomic mass is 9.82. The van der Waals surface area contributed by atoms with E-state index in [1.807, 2.05) is 29.3 Å². The van der Waals surface area contributed by atoms with Crippen molar-refractivity contribution in [1.29, 1.82) is 0 Å². The van der Waals surface area contributed by atoms with Crippen molar-refractivity contribution in [3.05, 3.63) is 71.7 Å². The molecule has 2 atom stereocenters. The van der Waals surface area contributed by atoms with E-state index in [0.717, 1.165) is 16.5 Å². The van der Waals surface area contributed by atoms with Gasteiger partial charge in [-0.1, -0.05) is 36.4 Å². The average Bonchev–Trinajstić information content (AvgIpc) is 3.38. The zero-order valence-electron chi connectivity index (χ0n) is 18.1. The number of halogens is 1. The van der Waals surface area contributed by atoms with E-state index in [4.69, 9.17) is 0 Å². The Morgan fingerprint density at radius 1 is 1.03 bits per heavy atom. The molecular formula is C25H25FN4O3. The van der Waals surface area contributed by atoms with Gasteiger partial charge in [0.15, 0.2) is 0 Å². The fourth-order valence-corrected chi connectivity index (χ4v) is 5.75. The van der Waals surface area contributed by atoms with Crippen LogP contribution in [0.25, 0.3) is 10.9 Å². The lowest BCUT2D eigenvalue weighted by molar-refractivity contribution is -0.181. The second-order valence-corrected chi connectivity index (χ2v) is 9.41. The van der Waals surface area contributed by atoms with Gasteiger partial charge < -0.3 is 10.1 Å². The van der Waals surface area contributed by atoms with E-state index in [1.54, 1.807) is 18.2 Å². The number of fused-ring (bicyclic) bond motifs is 3. The number of aliphatic hydroxyl groups excluding tert-OH is 1. The molecule has 6 rings (SSSR count). The summed E-state index contributed by atoms with van der Waals surface area (Å²) in [6.45, 7) is 1.83. The summed E-state index contributed by atoms with van der Waals surface area (Å²) in [4.78, 5) is 35.5. The maximum absolute atomic E-state index is 14.3. The molecule has 33 heavy (non-hydrogen) atoms. The Kier molecular flexibility index (Phi) is 4.65. The van der Waals surface area contributed by atoms with Gasteiger partial charge in [0, 0.05) is 48.8 Å². The van der Waals surface area contributed by atoms with E-state index in [1.165, 1.54) is 11.0 Å². The topological polar surface area (TPSA) is 79.9 Å². The third-order valence-corrected chi connectivity index (χ3v) is 7.35. The number of imide groups is 1. The van der Waals surface area contributed by atoms with Crippen LogP contribution in [-0.2, 0) is 22.7 Å². The summed E-state index contributed by atoms with van der Waals surface area (Å²) in [5.74, 6) is -1.08. The quantitative estimate of drug-likeness (QED) is 0.596. The normalized spacial score (nSPS) is 25.1. The Balaban J connectivity index is 1.27. The number of β-amino-alcohol motifs (C(OH)–C–C–N with tert-alkyl or cyclic N) is 1. The summed E-state index contributed by atoms with van der Waals surface area (Å²) in [6.07, 6.45) is 1.64. The number of aromatic nitrogens is 1. The molecule has 2 aromatic carbocycles. The van der Waals surface area contributed by atoms with Gasteiger partial charge in [-0.05, 0) is 24.1 Å². The fourth-order valence-electron chi connectivity index (χ4n) is 5.75. The minimum atomic E-state index is -0.868. The van der Waals surface area contributed by atoms with Crippen LogP contribution in [0.5, 0.6) is 0 Å². The number of nitrogens with zero attached hydrogens (tertiary/aromatic N) is 3. The smallest absolute Gasteiger partial charge is 0.252 e. The van der Waals surface area contributed by atoms with Crippen molar-refractivity contribution in [2.24, 2.45) is 0 Å². The molecule has 0 radical (unpaired) electrons. The van der Waals surface area contributed by atoms with Crippen LogP contribution in [0.3, 0.4) is 0 Å². The maximum Gasteiger partial charge on any atom is 0.252 e. The number of aliphatic hydroxyl groups is 1. The molecule has 3 fully saturated rings. The van der Waals surface area contributed by atoms with Crippen molar-refractivity contribution in [2.45, 2.75) is 37.2 Å². The Hall–Kier alpha value is -3.07. The van der Waals surface area contributed by atoms with Crippen LogP contribution >= 0.6 is 0 Å². The number of hydrogen-bond acceptors (Lipinski definition) is 5. The first-order valence-corrected chi connectivity index (χ1v) is 11.3. The standard InChI is InChI=1S/C25H25FN4O3/c26-20-7-3-1-5-16(20)12-29-23(32)22-9-18(31)13-30(22)25(24(29)33)14-28(15-25)11-17-10-27-21-8-4-2-6-19(17)21/h1-8,10,18,22,27,31H,9,11-15H2. The van der Waals surface area contributed by atoms with Crippen LogP contribution < -0.4 is 0 Å². The van der Waals surface area contributed by atoms with Gasteiger partial charge in [-0.15, -0.1) is 0 Å². The molecule has 0 bridgehead atoms. The van der Waals surface area contributed by atoms with E-state index >= 15 is 0 Å². The summed E-state index contributed by atoms with van der Waals surface area (Å²) in [6, 6.07) is 13.8. The lowest BCUT2D eigenvalue weighted by Crippen LogP contribution is -2.81. The van der Waals surface area contributed by atoms with Crippen LogP contribution in [-0.4, -0.2) is 73.9 Å². The van der Waals surface area contributed by atoms with Crippen LogP contribution in [0.4, 0.5) is 4.39 Å². The highest BCUT2D eigenvalue weighted by Gasteiger charge is 2.64. The number of carbonyl (C=O) groups excluding carboxylic acids is 2. The van der Waals surface area contributed by atoms with Crippen LogP contribution in [0.2, 0.25) is 0 Å². The first-order chi connectivity index (χ1) is 16.0. The Labute approximate surface area is 190 Å². The molecule has 7 nitrogen and oxygen atoms in total. The number of carbonyl (C=O) groups is 2. The number of benzene rings is 2. The molecule has 2 unspecified atom stereocenters. The number of amides is 2. The van der Waals surface area contributed by atoms with Gasteiger partial charge in [-0.2, -0.15) is 0 Å². The summed E-state index contributed by atoms with van der Waals surface area (Å²) >= 11 is 0. The van der Waals surface area contributed by atoms with Gasteiger partial charge in [0.2, 0.25) is 5.91 Å². The highest BCUT2D eigenvalue weighted by atomic mass is 19.1. The van der Waals surface area contributed by atoms with E-state index in [2.05, 4.69) is 16.0 Å². The van der Waals surface area contributed by atoms with E-state index < -0.39 is 23.5 Å². The molecule has 3 aliphatic rings. The van der Waals surface area contributed by atoms with Crippen molar-refractivity contribution in [2.75, 3.05) is 19.6 Å². The number of para-hydroxylation sites is 1. The van der Waals surface area contributed by atoms with Gasteiger partial charge in [0.1, 0.15) is 11.4 Å². The van der Waals surface area contributed by atoms with Gasteiger partial charge >= 0.3 is 0 Å². The SMILES string of the molecule is O=C1C2CC(O)CN2C2(CN(Cc3c[nH]c4ccccc34)C2)C(=O)N1Cc1ccccc1F. The Bertz CT molecular complexity index is 1250. The minimum absolute atomic E-state index is 0.0883. The zero-order chi connectivity index (χ0) is 22.7. The van der Waals surface area contributed by atoms with Gasteiger partial charge in [-0.25, -0.2) is 4.39 Å². The summed E-state index contributed by atoms with van der Waals surface area (Å²) in [7, 11) is 0. The van der Waals surface area contributed by atoms with Crippen molar-refractivity contribution >= 4 is 22.7 Å². The molecule has 2 N–H and O–H groups in total. The molecule has 1 spiro atoms. The number of likely N-dealkylation sites (tertiary alicyclic amines) is 1. The molecular weight excluding hydrogens is 423 g/mol. The average molecular weight is 448 g/mol. The first-order valence-electron chi connectivity index (χ1n) is 11.3. The van der Waals surface area contributed by atoms with E-state index in [9.17, 15) is 19.1 Å². The van der Waals surface area contributed by atoms with E-state index in [0.29, 0.717) is 38.2 Å². The number of aromatic amines is 1. The van der Waals surface area contributed by atoms with Crippen LogP contribution in [0, 0.1) is 5.82 Å². The van der Waals surface area contributed by atoms with Crippen LogP contribution in [0.15, 0.2) is 54.7 Å². The highest BCUT2D eigenvalue weighted by Crippen LogP contribution is 2.41. The largest absolute Gasteiger partial charge is 0.392 e. The molecule has 3 saturated heterocycles. The second kappa shape index (κ2) is 7.48. The van der Waals surface area contributed by atoms with Gasteiger partial charge in [0.05, 0.1) is 18.7 Å². The Morgan fingerprint density at radius 3 is 2.61 bits per heavy atom. The Morgan fingerprint density at radius 2 is 1.79 bits per heavy atom. The molecule has 8 heteroatoms. The van der Waals surface area contributed by atoms with Crippen molar-refractivity contribution in [3.8, 4) is 0 Å². The molecule has 1 aromatic heterocycles. The van der Waals surface area contributed by atoms with Crippen molar-refractivity contribution < 1.29 is 19.1 Å². The summed E-state index contributed by atoms with van der Waals surface area (Å²) in [5, 5.41) is 11.5. The van der Waals surface area contributed by atoms with Gasteiger partial charge in [0.25, 0.3) is 5.91 Å². The predicted octanol–water partition coefficient (Wildman–Crippen LogP) is 1.87. The molecule has 3 aliphatic heterocycles. The third-order valence-electron chi connectivity index (χ3n) is 7.35. The maximum atomic E-state index is 14.3. The molecule has 4 heterocycles. The van der Waals surface area contributed by atoms with Crippen molar-refractivity contribution in [1.82, 2.24) is 19.7 Å². The molecule has 0 saturated carbocycles. The minimum Gasteiger partial charge on any atom is -0.392 e. The monoisotopic (exact) mass is 448 g/mol. The third kappa shape index (κ3) is 3.13. The number of H-pyrrole nitrogens is 1. The number of hydrogen-bond donors (Lipinski definition) is 2. The van der Waals surface area contributed by atoms with Crippen molar-refractivity contribution in [3.63, 3.8) is 0 Å². The summed E-state index contributed by atoms with van der Waals surface area (Å²) in [5.41, 5.74) is 1.67. The number of rotatable bonds is 4. The second-order valence-electron chi connectivity index (χ2n) is 9.41. The first kappa shape index (κ1) is 20.5. The summed E-state index contributed by atoms with van der Waals surface area (Å²) < 4.78 is 14.3. The van der Waals surface area contributed by atoms with Gasteiger partial charge in [-0.3, -0.25) is 24.3 Å². The molecule has 3 aromatic rings. The fraction of sp³-hybridized carbons (Fsp3) is 0.360. The zero-order valence-corrected chi connectivity index (χ0v) is 18.1. The molecule has 0 aliphatic carbocycles. The molecule has 170 valence electrons. The highest BCUT2D eigenvalue weighted by molar-refractivity contribution is 6.06.